The third-order valence-corrected chi connectivity index (χ3v) is 7.91. The number of benzene rings is 1. The number of carboxylic acids is 1. The molecule has 0 atom stereocenters. The van der Waals surface area contributed by atoms with Gasteiger partial charge in [-0.05, 0) is 68.4 Å². The highest BCUT2D eigenvalue weighted by molar-refractivity contribution is 6.08. The van der Waals surface area contributed by atoms with Crippen LogP contribution in [-0.2, 0) is 12.5 Å². The summed E-state index contributed by atoms with van der Waals surface area (Å²) in [4.78, 5) is 25.2. The highest BCUT2D eigenvalue weighted by atomic mass is 16.4. The fourth-order valence-electron chi connectivity index (χ4n) is 7.02. The molecule has 1 amide bonds. The van der Waals surface area contributed by atoms with Crippen LogP contribution in [0.5, 0.6) is 0 Å². The van der Waals surface area contributed by atoms with Gasteiger partial charge >= 0.3 is 5.97 Å². The van der Waals surface area contributed by atoms with Crippen molar-refractivity contribution in [3.63, 3.8) is 0 Å². The second-order valence-electron chi connectivity index (χ2n) is 10.2. The number of aromatic nitrogens is 4. The van der Waals surface area contributed by atoms with Crippen LogP contribution >= 0.6 is 0 Å². The predicted octanol–water partition coefficient (Wildman–Crippen LogP) is 4.02. The molecule has 8 nitrogen and oxygen atoms in total. The molecule has 4 aliphatic rings. The lowest BCUT2D eigenvalue weighted by atomic mass is 9.48. The summed E-state index contributed by atoms with van der Waals surface area (Å²) in [5.74, 6) is 0.674. The quantitative estimate of drug-likeness (QED) is 0.618. The number of aromatic carboxylic acids is 1. The first-order chi connectivity index (χ1) is 15.9. The highest BCUT2D eigenvalue weighted by Gasteiger charge is 2.54. The number of carbonyl (C=O) groups is 2. The summed E-state index contributed by atoms with van der Waals surface area (Å²) < 4.78 is 3.05. The number of carbonyl (C=O) groups excluding carboxylic acids is 1. The van der Waals surface area contributed by atoms with Gasteiger partial charge < -0.3 is 10.4 Å². The van der Waals surface area contributed by atoms with Crippen molar-refractivity contribution in [1.82, 2.24) is 19.6 Å². The van der Waals surface area contributed by atoms with Gasteiger partial charge in [-0.1, -0.05) is 18.2 Å². The molecule has 7 rings (SSSR count). The summed E-state index contributed by atoms with van der Waals surface area (Å²) in [6, 6.07) is 9.81. The van der Waals surface area contributed by atoms with Crippen LogP contribution in [0, 0.1) is 17.8 Å². The van der Waals surface area contributed by atoms with Gasteiger partial charge in [0.25, 0.3) is 5.91 Å². The van der Waals surface area contributed by atoms with E-state index >= 15 is 0 Å². The maximum atomic E-state index is 13.6. The predicted molar refractivity (Wildman–Crippen MR) is 122 cm³/mol. The van der Waals surface area contributed by atoms with E-state index in [2.05, 4.69) is 10.4 Å². The van der Waals surface area contributed by atoms with Gasteiger partial charge in [-0.25, -0.2) is 9.48 Å². The lowest BCUT2D eigenvalue weighted by Gasteiger charge is -2.56. The van der Waals surface area contributed by atoms with E-state index in [-0.39, 0.29) is 22.7 Å². The molecule has 0 unspecified atom stereocenters. The normalized spacial score (nSPS) is 27.6. The van der Waals surface area contributed by atoms with Crippen LogP contribution in [0.25, 0.3) is 5.69 Å². The van der Waals surface area contributed by atoms with E-state index in [1.807, 2.05) is 30.3 Å². The minimum Gasteiger partial charge on any atom is -0.476 e. The third-order valence-electron chi connectivity index (χ3n) is 7.91. The molecule has 4 saturated carbocycles. The summed E-state index contributed by atoms with van der Waals surface area (Å²) in [6.45, 7) is 0. The lowest BCUT2D eigenvalue weighted by molar-refractivity contribution is -0.00765. The van der Waals surface area contributed by atoms with Gasteiger partial charge in [0.05, 0.1) is 28.8 Å². The topological polar surface area (TPSA) is 102 Å². The van der Waals surface area contributed by atoms with Crippen LogP contribution in [0.4, 0.5) is 5.69 Å². The number of nitrogens with zero attached hydrogens (tertiary/aromatic N) is 4. The van der Waals surface area contributed by atoms with Crippen molar-refractivity contribution in [2.24, 2.45) is 24.8 Å². The van der Waals surface area contributed by atoms with Crippen LogP contribution in [-0.4, -0.2) is 36.5 Å². The first-order valence-corrected chi connectivity index (χ1v) is 11.6. The standard InChI is InChI=1S/C25H27N5O3/c1-29-21(24(32)33)20(13-26-29)27-23(31)19-14-30(18-5-3-2-4-6-18)28-22(19)25-10-15-7-16(11-25)9-17(8-15)12-25/h2-6,13-17H,7-12H2,1H3,(H,27,31)(H,32,33). The van der Waals surface area contributed by atoms with Crippen LogP contribution < -0.4 is 5.32 Å². The van der Waals surface area contributed by atoms with Crippen molar-refractivity contribution in [3.05, 3.63) is 59.7 Å². The zero-order chi connectivity index (χ0) is 22.7. The molecular weight excluding hydrogens is 418 g/mol. The Morgan fingerprint density at radius 1 is 1.06 bits per heavy atom. The second kappa shape index (κ2) is 7.30. The van der Waals surface area contributed by atoms with Crippen LogP contribution in [0.3, 0.4) is 0 Å². The van der Waals surface area contributed by atoms with Crippen molar-refractivity contribution in [2.45, 2.75) is 43.9 Å². The molecule has 0 spiro atoms. The molecule has 4 fully saturated rings. The maximum absolute atomic E-state index is 13.6. The fraction of sp³-hybridized carbons (Fsp3) is 0.440. The Balaban J connectivity index is 1.43. The van der Waals surface area contributed by atoms with Gasteiger partial charge in [-0.15, -0.1) is 0 Å². The Kier molecular flexibility index (Phi) is 4.47. The molecule has 2 heterocycles. The van der Waals surface area contributed by atoms with E-state index in [4.69, 9.17) is 5.10 Å². The van der Waals surface area contributed by atoms with Gasteiger partial charge in [0.1, 0.15) is 0 Å². The average molecular weight is 446 g/mol. The average Bonchev–Trinajstić information content (AvgIpc) is 3.38. The van der Waals surface area contributed by atoms with Crippen LogP contribution in [0.2, 0.25) is 0 Å². The molecule has 33 heavy (non-hydrogen) atoms. The number of nitrogens with one attached hydrogen (secondary N) is 1. The van der Waals surface area contributed by atoms with Gasteiger partial charge in [-0.3, -0.25) is 9.48 Å². The zero-order valence-electron chi connectivity index (χ0n) is 18.6. The number of hydrogen-bond donors (Lipinski definition) is 2. The summed E-state index contributed by atoms with van der Waals surface area (Å²) in [6.07, 6.45) is 10.3. The van der Waals surface area contributed by atoms with Crippen molar-refractivity contribution < 1.29 is 14.7 Å². The number of carboxylic acid groups (broad SMARTS) is 1. The van der Waals surface area contributed by atoms with Crippen molar-refractivity contribution >= 4 is 17.6 Å². The van der Waals surface area contributed by atoms with Crippen LogP contribution in [0.15, 0.2) is 42.7 Å². The van der Waals surface area contributed by atoms with Crippen molar-refractivity contribution in [1.29, 1.82) is 0 Å². The number of rotatable bonds is 5. The summed E-state index contributed by atoms with van der Waals surface area (Å²) in [7, 11) is 1.55. The second-order valence-corrected chi connectivity index (χ2v) is 10.2. The first-order valence-electron chi connectivity index (χ1n) is 11.6. The third kappa shape index (κ3) is 3.27. The van der Waals surface area contributed by atoms with Crippen molar-refractivity contribution in [2.75, 3.05) is 5.32 Å². The monoisotopic (exact) mass is 445 g/mol. The van der Waals surface area contributed by atoms with Gasteiger partial charge in [-0.2, -0.15) is 10.2 Å². The lowest BCUT2D eigenvalue weighted by Crippen LogP contribution is -2.49. The smallest absolute Gasteiger partial charge is 0.356 e. The Bertz CT molecular complexity index is 1210. The van der Waals surface area contributed by atoms with E-state index in [1.54, 1.807) is 17.9 Å². The van der Waals surface area contributed by atoms with E-state index < -0.39 is 5.97 Å². The Labute approximate surface area is 191 Å². The maximum Gasteiger partial charge on any atom is 0.356 e. The fourth-order valence-corrected chi connectivity index (χ4v) is 7.02. The number of hydrogen-bond acceptors (Lipinski definition) is 4. The molecule has 3 aromatic rings. The Morgan fingerprint density at radius 2 is 1.70 bits per heavy atom. The molecule has 0 saturated heterocycles. The molecule has 0 radical (unpaired) electrons. The molecule has 2 aromatic heterocycles. The van der Waals surface area contributed by atoms with Crippen LogP contribution in [0.1, 0.15) is 65.1 Å². The van der Waals surface area contributed by atoms with E-state index in [9.17, 15) is 14.7 Å². The van der Waals surface area contributed by atoms with Crippen molar-refractivity contribution in [3.8, 4) is 5.69 Å². The summed E-state index contributed by atoms with van der Waals surface area (Å²) in [5, 5.41) is 21.4. The number of amides is 1. The summed E-state index contributed by atoms with van der Waals surface area (Å²) >= 11 is 0. The van der Waals surface area contributed by atoms with E-state index in [0.29, 0.717) is 23.3 Å². The number of para-hydroxylation sites is 1. The minimum absolute atomic E-state index is 0.0462. The first kappa shape index (κ1) is 20.2. The molecule has 1 aromatic carbocycles. The summed E-state index contributed by atoms with van der Waals surface area (Å²) in [5.41, 5.74) is 2.36. The zero-order valence-corrected chi connectivity index (χ0v) is 18.6. The van der Waals surface area contributed by atoms with E-state index in [1.165, 1.54) is 30.1 Å². The molecule has 0 aliphatic heterocycles. The minimum atomic E-state index is -1.13. The molecule has 8 heteroatoms. The molecule has 4 bridgehead atoms. The van der Waals surface area contributed by atoms with Gasteiger partial charge in [0.2, 0.25) is 0 Å². The Hall–Kier alpha value is -3.42. The number of aryl methyl sites for hydroxylation is 1. The SMILES string of the molecule is Cn1ncc(NC(=O)c2cn(-c3ccccc3)nc2C23CC4CC(CC(C4)C2)C3)c1C(=O)O. The molecule has 4 aliphatic carbocycles. The van der Waals surface area contributed by atoms with Gasteiger partial charge in [0, 0.05) is 18.7 Å². The Morgan fingerprint density at radius 3 is 2.30 bits per heavy atom. The van der Waals surface area contributed by atoms with E-state index in [0.717, 1.165) is 30.6 Å². The number of anilines is 1. The largest absolute Gasteiger partial charge is 0.476 e. The van der Waals surface area contributed by atoms with Gasteiger partial charge in [0.15, 0.2) is 5.69 Å². The molecular formula is C25H27N5O3. The highest BCUT2D eigenvalue weighted by Crippen LogP contribution is 2.60. The molecule has 2 N–H and O–H groups in total. The molecule has 170 valence electrons.